The maximum atomic E-state index is 14.0. The van der Waals surface area contributed by atoms with Crippen molar-refractivity contribution in [2.24, 2.45) is 11.0 Å². The third-order valence-electron chi connectivity index (χ3n) is 7.28. The third kappa shape index (κ3) is 5.01. The van der Waals surface area contributed by atoms with Crippen LogP contribution >= 0.6 is 0 Å². The maximum absolute atomic E-state index is 14.0. The second-order valence-corrected chi connectivity index (χ2v) is 10.2. The minimum Gasteiger partial charge on any atom is -0.378 e. The highest BCUT2D eigenvalue weighted by Gasteiger charge is 2.44. The molecule has 1 fully saturated rings. The van der Waals surface area contributed by atoms with E-state index in [1.807, 2.05) is 28.2 Å². The molecule has 0 N–H and O–H groups in total. The first-order chi connectivity index (χ1) is 17.8. The van der Waals surface area contributed by atoms with E-state index in [-0.39, 0.29) is 17.9 Å². The monoisotopic (exact) mass is 496 g/mol. The van der Waals surface area contributed by atoms with Crippen molar-refractivity contribution in [2.75, 3.05) is 38.0 Å². The zero-order valence-electron chi connectivity index (χ0n) is 21.9. The van der Waals surface area contributed by atoms with E-state index in [9.17, 15) is 9.18 Å². The van der Waals surface area contributed by atoms with Gasteiger partial charge in [0.2, 0.25) is 0 Å². The van der Waals surface area contributed by atoms with Crippen molar-refractivity contribution < 1.29 is 9.18 Å². The minimum atomic E-state index is -0.427. The first-order valence-corrected chi connectivity index (χ1v) is 12.7. The fourth-order valence-electron chi connectivity index (χ4n) is 5.29. The molecule has 37 heavy (non-hydrogen) atoms. The summed E-state index contributed by atoms with van der Waals surface area (Å²) in [5.41, 5.74) is 6.84. The van der Waals surface area contributed by atoms with Crippen LogP contribution in [0.3, 0.4) is 0 Å². The van der Waals surface area contributed by atoms with Gasteiger partial charge in [-0.3, -0.25) is 4.79 Å². The van der Waals surface area contributed by atoms with Gasteiger partial charge in [0.05, 0.1) is 11.8 Å². The lowest BCUT2D eigenvalue weighted by Crippen LogP contribution is -2.32. The largest absolute Gasteiger partial charge is 0.378 e. The molecule has 5 rings (SSSR count). The molecule has 1 aliphatic carbocycles. The Morgan fingerprint density at radius 3 is 2.22 bits per heavy atom. The molecule has 0 radical (unpaired) electrons. The summed E-state index contributed by atoms with van der Waals surface area (Å²) >= 11 is 0. The number of amides is 1. The topological polar surface area (TPSA) is 39.1 Å². The highest BCUT2D eigenvalue weighted by molar-refractivity contribution is 6.09. The quantitative estimate of drug-likeness (QED) is 0.411. The summed E-state index contributed by atoms with van der Waals surface area (Å²) in [4.78, 5) is 17.8. The van der Waals surface area contributed by atoms with Crippen molar-refractivity contribution in [2.45, 2.75) is 25.3 Å². The van der Waals surface area contributed by atoms with E-state index < -0.39 is 5.82 Å². The molecule has 0 saturated heterocycles. The summed E-state index contributed by atoms with van der Waals surface area (Å²) in [6.45, 7) is 0. The average molecular weight is 497 g/mol. The fourth-order valence-corrected chi connectivity index (χ4v) is 5.29. The lowest BCUT2D eigenvalue weighted by atomic mass is 9.77. The summed E-state index contributed by atoms with van der Waals surface area (Å²) in [6.07, 6.45) is 5.09. The predicted molar refractivity (Wildman–Crippen MR) is 150 cm³/mol. The van der Waals surface area contributed by atoms with Crippen molar-refractivity contribution >= 4 is 29.1 Å². The van der Waals surface area contributed by atoms with Crippen LogP contribution in [0.25, 0.3) is 6.08 Å². The molecule has 3 aromatic carbocycles. The number of hydrazone groups is 1. The van der Waals surface area contributed by atoms with Gasteiger partial charge in [0.15, 0.2) is 0 Å². The normalized spacial score (nSPS) is 20.0. The van der Waals surface area contributed by atoms with Gasteiger partial charge in [-0.2, -0.15) is 5.10 Å². The Morgan fingerprint density at radius 1 is 0.946 bits per heavy atom. The van der Waals surface area contributed by atoms with Crippen LogP contribution in [0.4, 0.5) is 15.8 Å². The Hall–Kier alpha value is -3.93. The van der Waals surface area contributed by atoms with Crippen LogP contribution in [0, 0.1) is 11.7 Å². The number of fused-ring (bicyclic) bond motifs is 1. The molecule has 6 heteroatoms. The zero-order chi connectivity index (χ0) is 26.1. The first-order valence-electron chi connectivity index (χ1n) is 12.7. The van der Waals surface area contributed by atoms with Crippen LogP contribution < -0.4 is 9.80 Å². The number of allylic oxidation sites excluding steroid dienone is 1. The highest BCUT2D eigenvalue weighted by atomic mass is 19.1. The molecule has 0 aromatic heterocycles. The van der Waals surface area contributed by atoms with Crippen molar-refractivity contribution in [3.05, 3.63) is 101 Å². The van der Waals surface area contributed by atoms with Gasteiger partial charge in [-0.15, -0.1) is 0 Å². The Morgan fingerprint density at radius 2 is 1.59 bits per heavy atom. The van der Waals surface area contributed by atoms with E-state index in [4.69, 9.17) is 5.10 Å². The fraction of sp³-hybridized carbons (Fsp3) is 0.290. The van der Waals surface area contributed by atoms with Gasteiger partial charge in [-0.05, 0) is 84.5 Å². The molecule has 2 unspecified atom stereocenters. The van der Waals surface area contributed by atoms with Crippen LogP contribution in [-0.2, 0) is 0 Å². The number of hydrogen-bond acceptors (Lipinski definition) is 4. The predicted octanol–water partition coefficient (Wildman–Crippen LogP) is 6.39. The second-order valence-electron chi connectivity index (χ2n) is 10.2. The smallest absolute Gasteiger partial charge is 0.274 e. The van der Waals surface area contributed by atoms with Gasteiger partial charge < -0.3 is 9.80 Å². The molecule has 0 bridgehead atoms. The zero-order valence-corrected chi connectivity index (χ0v) is 21.9. The summed E-state index contributed by atoms with van der Waals surface area (Å²) in [7, 11) is 8.08. The van der Waals surface area contributed by atoms with E-state index in [0.29, 0.717) is 5.56 Å². The van der Waals surface area contributed by atoms with E-state index in [1.165, 1.54) is 17.7 Å². The van der Waals surface area contributed by atoms with Gasteiger partial charge in [0.1, 0.15) is 5.82 Å². The molecule has 1 aliphatic heterocycles. The molecular weight excluding hydrogens is 463 g/mol. The van der Waals surface area contributed by atoms with E-state index in [2.05, 4.69) is 64.4 Å². The van der Waals surface area contributed by atoms with E-state index in [0.717, 1.165) is 47.5 Å². The maximum Gasteiger partial charge on any atom is 0.274 e. The highest BCUT2D eigenvalue weighted by Crippen LogP contribution is 2.45. The van der Waals surface area contributed by atoms with Gasteiger partial charge >= 0.3 is 0 Å². The van der Waals surface area contributed by atoms with Crippen molar-refractivity contribution in [1.82, 2.24) is 5.01 Å². The van der Waals surface area contributed by atoms with Crippen LogP contribution in [-0.4, -0.2) is 44.8 Å². The summed E-state index contributed by atoms with van der Waals surface area (Å²) in [6, 6.07) is 22.4. The van der Waals surface area contributed by atoms with Crippen LogP contribution in [0.2, 0.25) is 0 Å². The van der Waals surface area contributed by atoms with Crippen molar-refractivity contribution in [3.63, 3.8) is 0 Å². The van der Waals surface area contributed by atoms with Gasteiger partial charge in [-0.25, -0.2) is 9.40 Å². The number of benzene rings is 3. The number of carbonyl (C=O) groups is 1. The molecule has 0 spiro atoms. The molecule has 5 nitrogen and oxygen atoms in total. The van der Waals surface area contributed by atoms with Gasteiger partial charge in [0.25, 0.3) is 5.91 Å². The molecule has 3 aromatic rings. The van der Waals surface area contributed by atoms with Gasteiger partial charge in [-0.1, -0.05) is 30.3 Å². The van der Waals surface area contributed by atoms with Crippen LogP contribution in [0.15, 0.2) is 83.5 Å². The Balaban J connectivity index is 1.55. The summed E-state index contributed by atoms with van der Waals surface area (Å²) in [5, 5.41) is 6.54. The minimum absolute atomic E-state index is 0.0868. The number of anilines is 2. The Kier molecular flexibility index (Phi) is 6.83. The van der Waals surface area contributed by atoms with Crippen LogP contribution in [0.5, 0.6) is 0 Å². The molecule has 1 heterocycles. The number of carbonyl (C=O) groups excluding carboxylic acids is 1. The molecule has 1 amide bonds. The van der Waals surface area contributed by atoms with Crippen molar-refractivity contribution in [1.29, 1.82) is 0 Å². The lowest BCUT2D eigenvalue weighted by Gasteiger charge is -2.30. The Bertz CT molecular complexity index is 1340. The molecule has 190 valence electrons. The number of nitrogens with zero attached hydrogens (tertiary/aromatic N) is 4. The van der Waals surface area contributed by atoms with E-state index in [1.54, 1.807) is 17.1 Å². The number of hydrogen-bond donors (Lipinski definition) is 0. The summed E-state index contributed by atoms with van der Waals surface area (Å²) < 4.78 is 14.0. The second kappa shape index (κ2) is 10.2. The molecule has 2 aliphatic rings. The first kappa shape index (κ1) is 24.8. The molecular formula is C31H33FN4O. The number of halogens is 1. The lowest BCUT2D eigenvalue weighted by molar-refractivity contribution is 0.0680. The number of rotatable bonds is 5. The molecule has 2 atom stereocenters. The summed E-state index contributed by atoms with van der Waals surface area (Å²) in [5.74, 6) is -0.620. The standard InChI is InChI=1S/C31H33FN4O/c1-34(2)26-15-11-21(12-16-26)19-23-7-6-10-28-29(23)33-36(31(37)24-8-5-9-25(32)20-24)30(28)22-13-17-27(18-14-22)35(3)4/h5,8-9,11-20,28,30H,6-7,10H2,1-4H3/b23-19-. The molecule has 1 saturated carbocycles. The van der Waals surface area contributed by atoms with Crippen LogP contribution in [0.1, 0.15) is 46.8 Å². The Labute approximate surface area is 218 Å². The SMILES string of the molecule is CN(C)c1ccc(/C=C2/CCCC3C2=NN(C(=O)c2cccc(F)c2)C3c2ccc(N(C)C)cc2)cc1. The third-order valence-corrected chi connectivity index (χ3v) is 7.28. The van der Waals surface area contributed by atoms with E-state index >= 15 is 0 Å². The average Bonchev–Trinajstić information content (AvgIpc) is 3.29. The van der Waals surface area contributed by atoms with Crippen molar-refractivity contribution in [3.8, 4) is 0 Å². The van der Waals surface area contributed by atoms with Gasteiger partial charge in [0, 0.05) is 51.0 Å².